The van der Waals surface area contributed by atoms with E-state index in [1.165, 1.54) is 18.0 Å². The molecule has 0 spiro atoms. The summed E-state index contributed by atoms with van der Waals surface area (Å²) in [7, 11) is 1.48. The van der Waals surface area contributed by atoms with Crippen LogP contribution in [-0.4, -0.2) is 51.5 Å². The number of aromatic nitrogens is 2. The van der Waals surface area contributed by atoms with E-state index in [2.05, 4.69) is 4.98 Å². The van der Waals surface area contributed by atoms with Crippen LogP contribution in [0.2, 0.25) is 5.02 Å². The zero-order chi connectivity index (χ0) is 25.8. The van der Waals surface area contributed by atoms with Crippen molar-refractivity contribution in [2.45, 2.75) is 32.4 Å². The van der Waals surface area contributed by atoms with Crippen LogP contribution in [-0.2, 0) is 4.74 Å². The van der Waals surface area contributed by atoms with Gasteiger partial charge in [-0.3, -0.25) is 9.36 Å². The molecule has 4 aromatic rings. The summed E-state index contributed by atoms with van der Waals surface area (Å²) in [5.41, 5.74) is 0.709. The first-order valence-corrected chi connectivity index (χ1v) is 11.9. The van der Waals surface area contributed by atoms with Crippen LogP contribution >= 0.6 is 11.6 Å². The van der Waals surface area contributed by atoms with Crippen LogP contribution in [0.5, 0.6) is 11.5 Å². The number of hydrogen-bond acceptors (Lipinski definition) is 6. The number of methoxy groups -OCH3 is 1. The van der Waals surface area contributed by atoms with Gasteiger partial charge < -0.3 is 19.5 Å². The van der Waals surface area contributed by atoms with E-state index in [1.807, 2.05) is 45.0 Å². The molecular weight excluding hydrogens is 482 g/mol. The molecule has 36 heavy (non-hydrogen) atoms. The SMILES string of the molecule is COc1cc(-c2cc(O)cc3ccccc23)c(Cl)c2ncn(C3CN(C(=O)OC(C)(C)C)C3)c(=O)c12. The van der Waals surface area contributed by atoms with E-state index < -0.39 is 11.7 Å². The molecule has 0 bridgehead atoms. The molecule has 0 saturated carbocycles. The zero-order valence-corrected chi connectivity index (χ0v) is 21.2. The van der Waals surface area contributed by atoms with Gasteiger partial charge in [0.25, 0.3) is 5.56 Å². The maximum Gasteiger partial charge on any atom is 0.410 e. The molecule has 0 atom stereocenters. The molecule has 2 heterocycles. The van der Waals surface area contributed by atoms with Crippen LogP contribution in [0.1, 0.15) is 26.8 Å². The molecule has 0 unspecified atom stereocenters. The molecule has 1 aromatic heterocycles. The van der Waals surface area contributed by atoms with Gasteiger partial charge in [-0.1, -0.05) is 35.9 Å². The Morgan fingerprint density at radius 3 is 2.56 bits per heavy atom. The number of aromatic hydroxyl groups is 1. The van der Waals surface area contributed by atoms with Crippen molar-refractivity contribution in [1.29, 1.82) is 0 Å². The topological polar surface area (TPSA) is 93.9 Å². The Kier molecular flexibility index (Phi) is 5.79. The highest BCUT2D eigenvalue weighted by molar-refractivity contribution is 6.38. The minimum atomic E-state index is -0.591. The summed E-state index contributed by atoms with van der Waals surface area (Å²) < 4.78 is 12.5. The molecule has 0 aliphatic carbocycles. The molecule has 186 valence electrons. The lowest BCUT2D eigenvalue weighted by atomic mass is 9.96. The average molecular weight is 508 g/mol. The third kappa shape index (κ3) is 4.11. The molecule has 5 rings (SSSR count). The number of amides is 1. The maximum atomic E-state index is 13.5. The normalized spacial score (nSPS) is 14.2. The van der Waals surface area contributed by atoms with Crippen molar-refractivity contribution in [3.05, 3.63) is 64.2 Å². The first kappa shape index (κ1) is 23.9. The molecule has 1 saturated heterocycles. The number of nitrogens with zero attached hydrogens (tertiary/aromatic N) is 3. The number of halogens is 1. The molecule has 1 aliphatic heterocycles. The Morgan fingerprint density at radius 2 is 1.86 bits per heavy atom. The monoisotopic (exact) mass is 507 g/mol. The van der Waals surface area contributed by atoms with Gasteiger partial charge in [0.05, 0.1) is 24.5 Å². The van der Waals surface area contributed by atoms with Crippen molar-refractivity contribution in [3.63, 3.8) is 0 Å². The highest BCUT2D eigenvalue weighted by Gasteiger charge is 2.36. The fraction of sp³-hybridized carbons (Fsp3) is 0.296. The van der Waals surface area contributed by atoms with Gasteiger partial charge in [-0.2, -0.15) is 0 Å². The number of likely N-dealkylation sites (tertiary alicyclic amines) is 1. The summed E-state index contributed by atoms with van der Waals surface area (Å²) in [6, 6.07) is 12.4. The van der Waals surface area contributed by atoms with Gasteiger partial charge in [0.15, 0.2) is 0 Å². The van der Waals surface area contributed by atoms with E-state index >= 15 is 0 Å². The largest absolute Gasteiger partial charge is 0.508 e. The first-order valence-electron chi connectivity index (χ1n) is 11.5. The molecule has 9 heteroatoms. The summed E-state index contributed by atoms with van der Waals surface area (Å²) in [4.78, 5) is 31.9. The summed E-state index contributed by atoms with van der Waals surface area (Å²) >= 11 is 6.82. The lowest BCUT2D eigenvalue weighted by molar-refractivity contribution is 0.000594. The van der Waals surface area contributed by atoms with Crippen LogP contribution in [0.25, 0.3) is 32.8 Å². The third-order valence-electron chi connectivity index (χ3n) is 6.23. The van der Waals surface area contributed by atoms with Gasteiger partial charge in [-0.15, -0.1) is 0 Å². The number of phenolic OH excluding ortho intramolecular Hbond substituents is 1. The fourth-order valence-electron chi connectivity index (χ4n) is 4.49. The molecule has 1 aliphatic rings. The Hall–Kier alpha value is -3.78. The van der Waals surface area contributed by atoms with Crippen LogP contribution in [0.15, 0.2) is 53.6 Å². The van der Waals surface area contributed by atoms with Crippen LogP contribution < -0.4 is 10.3 Å². The van der Waals surface area contributed by atoms with Gasteiger partial charge in [0, 0.05) is 18.7 Å². The van der Waals surface area contributed by atoms with Gasteiger partial charge >= 0.3 is 6.09 Å². The van der Waals surface area contributed by atoms with Crippen molar-refractivity contribution in [2.75, 3.05) is 20.2 Å². The zero-order valence-electron chi connectivity index (χ0n) is 20.4. The minimum Gasteiger partial charge on any atom is -0.508 e. The van der Waals surface area contributed by atoms with Gasteiger partial charge in [0.2, 0.25) is 0 Å². The molecule has 8 nitrogen and oxygen atoms in total. The average Bonchev–Trinajstić information content (AvgIpc) is 2.78. The molecule has 1 fully saturated rings. The van der Waals surface area contributed by atoms with E-state index in [-0.39, 0.29) is 27.8 Å². The van der Waals surface area contributed by atoms with Crippen LogP contribution in [0.3, 0.4) is 0 Å². The Bertz CT molecular complexity index is 1570. The minimum absolute atomic E-state index is 0.0988. The van der Waals surface area contributed by atoms with Crippen molar-refractivity contribution >= 4 is 39.4 Å². The summed E-state index contributed by atoms with van der Waals surface area (Å²) in [6.45, 7) is 6.11. The standard InChI is InChI=1S/C27H26ClN3O5/c1-27(2,3)36-26(34)30-12-16(13-30)31-14-29-24-22(25(31)33)21(35-4)11-20(23(24)28)19-10-17(32)9-15-7-5-6-8-18(15)19/h5-11,14,16,32H,12-13H2,1-4H3. The van der Waals surface area contributed by atoms with E-state index in [9.17, 15) is 14.7 Å². The van der Waals surface area contributed by atoms with Crippen molar-refractivity contribution < 1.29 is 19.4 Å². The lowest BCUT2D eigenvalue weighted by Gasteiger charge is -2.40. The van der Waals surface area contributed by atoms with E-state index in [0.717, 1.165) is 10.8 Å². The Morgan fingerprint density at radius 1 is 1.14 bits per heavy atom. The first-order chi connectivity index (χ1) is 17.1. The van der Waals surface area contributed by atoms with Crippen LogP contribution in [0.4, 0.5) is 4.79 Å². The second-order valence-electron chi connectivity index (χ2n) is 9.87. The van der Waals surface area contributed by atoms with Crippen molar-refractivity contribution in [1.82, 2.24) is 14.5 Å². The third-order valence-corrected chi connectivity index (χ3v) is 6.61. The summed E-state index contributed by atoms with van der Waals surface area (Å²) in [5.74, 6) is 0.425. The molecular formula is C27H26ClN3O5. The van der Waals surface area contributed by atoms with Gasteiger partial charge in [-0.25, -0.2) is 9.78 Å². The number of ether oxygens (including phenoxy) is 2. The van der Waals surface area contributed by atoms with Crippen molar-refractivity contribution in [3.8, 4) is 22.6 Å². The number of rotatable bonds is 3. The molecule has 1 amide bonds. The number of phenols is 1. The lowest BCUT2D eigenvalue weighted by Crippen LogP contribution is -2.54. The van der Waals surface area contributed by atoms with Gasteiger partial charge in [-0.05, 0) is 55.3 Å². The second kappa shape index (κ2) is 8.71. The Balaban J connectivity index is 1.57. The van der Waals surface area contributed by atoms with Gasteiger partial charge in [0.1, 0.15) is 28.0 Å². The number of fused-ring (bicyclic) bond motifs is 2. The number of benzene rings is 3. The van der Waals surface area contributed by atoms with E-state index in [1.54, 1.807) is 23.1 Å². The highest BCUT2D eigenvalue weighted by Crippen LogP contribution is 2.42. The highest BCUT2D eigenvalue weighted by atomic mass is 35.5. The smallest absolute Gasteiger partial charge is 0.410 e. The van der Waals surface area contributed by atoms with Crippen molar-refractivity contribution in [2.24, 2.45) is 0 Å². The summed E-state index contributed by atoms with van der Waals surface area (Å²) in [5, 5.41) is 12.6. The summed E-state index contributed by atoms with van der Waals surface area (Å²) in [6.07, 6.45) is 1.04. The predicted octanol–water partition coefficient (Wildman–Crippen LogP) is 5.38. The second-order valence-corrected chi connectivity index (χ2v) is 10.3. The fourth-order valence-corrected chi connectivity index (χ4v) is 4.79. The quantitative estimate of drug-likeness (QED) is 0.400. The Labute approximate surface area is 212 Å². The number of carbonyl (C=O) groups excluding carboxylic acids is 1. The molecule has 1 N–H and O–H groups in total. The maximum absolute atomic E-state index is 13.5. The number of hydrogen-bond donors (Lipinski definition) is 1. The predicted molar refractivity (Wildman–Crippen MR) is 139 cm³/mol. The van der Waals surface area contributed by atoms with E-state index in [0.29, 0.717) is 35.5 Å². The molecule has 0 radical (unpaired) electrons. The van der Waals surface area contributed by atoms with Crippen LogP contribution in [0, 0.1) is 0 Å². The number of carbonyl (C=O) groups is 1. The molecule has 3 aromatic carbocycles. The van der Waals surface area contributed by atoms with E-state index in [4.69, 9.17) is 21.1 Å².